The van der Waals surface area contributed by atoms with E-state index in [0.717, 1.165) is 37.1 Å². The van der Waals surface area contributed by atoms with Gasteiger partial charge in [0, 0.05) is 18.3 Å². The number of oxime groups is 1. The number of hydrazone groups is 1. The summed E-state index contributed by atoms with van der Waals surface area (Å²) in [7, 11) is 5.36. The quantitative estimate of drug-likeness (QED) is 0.107. The van der Waals surface area contributed by atoms with Crippen molar-refractivity contribution in [2.24, 2.45) is 16.2 Å². The number of hydrazine groups is 1. The molecule has 19 nitrogen and oxygen atoms in total. The number of hydrogen-bond donors (Lipinski definition) is 1. The Morgan fingerprint density at radius 1 is 1.04 bits per heavy atom. The number of rotatable bonds is 12. The van der Waals surface area contributed by atoms with Gasteiger partial charge in [0.1, 0.15) is 11.3 Å². The fourth-order valence-electron chi connectivity index (χ4n) is 6.28. The van der Waals surface area contributed by atoms with Crippen LogP contribution < -0.4 is 5.43 Å². The molecule has 0 spiro atoms. The van der Waals surface area contributed by atoms with Gasteiger partial charge in [-0.15, -0.1) is 11.3 Å². The topological polar surface area (TPSA) is 213 Å². The van der Waals surface area contributed by atoms with Gasteiger partial charge in [0.15, 0.2) is 11.5 Å². The molecule has 2 radical (unpaired) electrons. The molecule has 4 aliphatic rings. The summed E-state index contributed by atoms with van der Waals surface area (Å²) in [5.41, 5.74) is 0.741. The van der Waals surface area contributed by atoms with Crippen LogP contribution in [-0.4, -0.2) is 146 Å². The molecule has 300 valence electrons. The minimum atomic E-state index is -1.83. The lowest BCUT2D eigenvalue weighted by Gasteiger charge is -2.40. The van der Waals surface area contributed by atoms with Crippen LogP contribution in [0.15, 0.2) is 46.0 Å². The average molecular weight is 822 g/mol. The van der Waals surface area contributed by atoms with Crippen molar-refractivity contribution in [1.82, 2.24) is 35.1 Å². The first-order chi connectivity index (χ1) is 26.8. The average Bonchev–Trinajstić information content (AvgIpc) is 3.94. The molecule has 22 heteroatoms. The van der Waals surface area contributed by atoms with Crippen LogP contribution in [0.4, 0.5) is 14.4 Å². The van der Waals surface area contributed by atoms with E-state index >= 15 is 0 Å². The Hall–Kier alpha value is -5.51. The van der Waals surface area contributed by atoms with Gasteiger partial charge in [0.05, 0.1) is 48.7 Å². The number of β-lactam (4-membered cyclic amide) rings is 1. The summed E-state index contributed by atoms with van der Waals surface area (Å²) in [6.07, 6.45) is 1.11. The van der Waals surface area contributed by atoms with Crippen LogP contribution in [-0.2, 0) is 33.4 Å². The molecule has 7 amide bonds. The van der Waals surface area contributed by atoms with Gasteiger partial charge in [-0.05, 0) is 47.1 Å². The number of benzene rings is 1. The molecule has 3 atom stereocenters. The van der Waals surface area contributed by atoms with Crippen molar-refractivity contribution < 1.29 is 47.8 Å². The second kappa shape index (κ2) is 15.8. The number of hydrogen-bond acceptors (Lipinski definition) is 15. The van der Waals surface area contributed by atoms with E-state index in [9.17, 15) is 33.6 Å². The predicted molar refractivity (Wildman–Crippen MR) is 205 cm³/mol. The van der Waals surface area contributed by atoms with Crippen molar-refractivity contribution in [2.75, 3.05) is 32.7 Å². The van der Waals surface area contributed by atoms with Crippen molar-refractivity contribution in [3.05, 3.63) is 52.0 Å². The molecule has 0 bridgehead atoms. The third kappa shape index (κ3) is 8.32. The van der Waals surface area contributed by atoms with E-state index in [1.165, 1.54) is 36.3 Å². The molecule has 1 aromatic heterocycles. The van der Waals surface area contributed by atoms with Gasteiger partial charge in [-0.1, -0.05) is 47.2 Å². The highest BCUT2D eigenvalue weighted by Crippen LogP contribution is 2.53. The summed E-state index contributed by atoms with van der Waals surface area (Å²) in [6, 6.07) is 6.69. The van der Waals surface area contributed by atoms with E-state index in [4.69, 9.17) is 17.6 Å². The number of carbonyl (C=O) groups excluding carboxylic acids is 7. The van der Waals surface area contributed by atoms with Gasteiger partial charge in [0.2, 0.25) is 16.4 Å². The number of aryl methyl sites for hydroxylation is 1. The Morgan fingerprint density at radius 2 is 1.75 bits per heavy atom. The van der Waals surface area contributed by atoms with E-state index < -0.39 is 69.1 Å². The van der Waals surface area contributed by atoms with E-state index in [2.05, 4.69) is 25.3 Å². The molecule has 4 saturated heterocycles. The number of nitrogens with one attached hydrogen (secondary N) is 1. The number of nitrogens with zero attached hydrogens (tertiary/aromatic N) is 8. The van der Waals surface area contributed by atoms with Crippen molar-refractivity contribution in [3.63, 3.8) is 0 Å². The van der Waals surface area contributed by atoms with Crippen LogP contribution in [0.2, 0.25) is 0 Å². The maximum atomic E-state index is 13.9. The number of esters is 1. The number of aromatic nitrogens is 1. The van der Waals surface area contributed by atoms with Crippen LogP contribution in [0.1, 0.15) is 57.3 Å². The fraction of sp³-hybridized carbons (Fsp3) is 0.486. The highest BCUT2D eigenvalue weighted by Gasteiger charge is 2.66. The maximum Gasteiger partial charge on any atom is 0.378 e. The first kappa shape index (κ1) is 41.1. The van der Waals surface area contributed by atoms with Crippen LogP contribution in [0, 0.1) is 12.8 Å². The third-order valence-electron chi connectivity index (χ3n) is 9.22. The molecule has 4 fully saturated rings. The highest BCUT2D eigenvalue weighted by molar-refractivity contribution is 8.02. The van der Waals surface area contributed by atoms with Gasteiger partial charge >= 0.3 is 38.1 Å². The van der Waals surface area contributed by atoms with Crippen LogP contribution in [0.3, 0.4) is 0 Å². The van der Waals surface area contributed by atoms with Gasteiger partial charge in [0.25, 0.3) is 0 Å². The van der Waals surface area contributed by atoms with Gasteiger partial charge < -0.3 is 19.1 Å². The number of ether oxygens (including phenoxy) is 1. The van der Waals surface area contributed by atoms with Gasteiger partial charge in [-0.25, -0.2) is 44.5 Å². The fourth-order valence-corrected chi connectivity index (χ4v) is 8.62. The smallest absolute Gasteiger partial charge is 0.378 e. The van der Waals surface area contributed by atoms with Crippen molar-refractivity contribution >= 4 is 84.8 Å². The summed E-state index contributed by atoms with van der Waals surface area (Å²) in [4.78, 5) is 105. The lowest BCUT2D eigenvalue weighted by Crippen LogP contribution is -2.60. The zero-order valence-corrected chi connectivity index (χ0v) is 33.6. The number of ketones is 1. The minimum absolute atomic E-state index is 0.00280. The summed E-state index contributed by atoms with van der Waals surface area (Å²) in [5.74, 6) is -3.79. The number of urea groups is 3. The standard InChI is InChI=1S/C35H40BN9O10S2/c1-20-38-23(18-56-20)25(40-55-34(5,6)28(48)53-33(2,3)4)24(46)16-22-26(47)42-19-35(29(49)54-36,57-27(22)42)43-13-15-45(32(43)52)39-30(50)41-12-14-44(31(41)51)37-17-21-10-8-7-9-11-21/h7-11,17-18,22,27H,12-16,19H2,1-6H3,(H,39,50)/b37-17+,40-25-/t22-,27-,35-/m1/s1. The second-order valence-electron chi connectivity index (χ2n) is 14.9. The molecular weight excluding hydrogens is 781 g/mol. The van der Waals surface area contributed by atoms with E-state index in [0.29, 0.717) is 5.01 Å². The zero-order chi connectivity index (χ0) is 41.4. The van der Waals surface area contributed by atoms with E-state index in [-0.39, 0.29) is 50.6 Å². The van der Waals surface area contributed by atoms with Gasteiger partial charge in [-0.3, -0.25) is 19.3 Å². The zero-order valence-electron chi connectivity index (χ0n) is 32.0. The first-order valence-corrected chi connectivity index (χ1v) is 19.5. The number of fused-ring (bicyclic) bond motifs is 1. The molecule has 5 heterocycles. The van der Waals surface area contributed by atoms with E-state index in [1.54, 1.807) is 45.2 Å². The lowest BCUT2D eigenvalue weighted by atomic mass is 9.90. The summed E-state index contributed by atoms with van der Waals surface area (Å²) in [5, 5.41) is 11.7. The van der Waals surface area contributed by atoms with E-state index in [1.807, 2.05) is 18.2 Å². The molecule has 6 rings (SSSR count). The lowest BCUT2D eigenvalue weighted by molar-refractivity contribution is -0.179. The van der Waals surface area contributed by atoms with Crippen molar-refractivity contribution in [2.45, 2.75) is 69.4 Å². The maximum absolute atomic E-state index is 13.9. The van der Waals surface area contributed by atoms with Crippen molar-refractivity contribution in [1.29, 1.82) is 0 Å². The summed E-state index contributed by atoms with van der Waals surface area (Å²) >= 11 is 2.17. The third-order valence-corrected chi connectivity index (χ3v) is 11.7. The Kier molecular flexibility index (Phi) is 11.4. The number of carbonyl (C=O) groups is 7. The number of thiazole rings is 1. The molecule has 4 aliphatic heterocycles. The second-order valence-corrected chi connectivity index (χ2v) is 17.4. The molecule has 2 aromatic rings. The predicted octanol–water partition coefficient (Wildman–Crippen LogP) is 2.24. The van der Waals surface area contributed by atoms with Crippen LogP contribution in [0.25, 0.3) is 0 Å². The SMILES string of the molecule is [B]OC(=O)[C@@]1(N2CCN(NC(=O)N3CCN(/N=C/c4ccccc4)C3=O)C2=O)CN2C(=O)[C@@H](CC(=O)/C(=N\OC(C)(C)C(=O)OC(C)(C)C)c3csc(C)n3)[C@H]2S1. The Bertz CT molecular complexity index is 2040. The molecule has 1 aromatic carbocycles. The summed E-state index contributed by atoms with van der Waals surface area (Å²) in [6.45, 7) is 9.34. The molecule has 0 saturated carbocycles. The molecular formula is C35H40BN9O10S2. The van der Waals surface area contributed by atoms with Crippen LogP contribution in [0.5, 0.6) is 0 Å². The first-order valence-electron chi connectivity index (χ1n) is 17.8. The molecule has 0 unspecified atom stereocenters. The van der Waals surface area contributed by atoms with Crippen molar-refractivity contribution in [3.8, 4) is 0 Å². The molecule has 1 N–H and O–H groups in total. The number of amides is 7. The number of thioether (sulfide) groups is 1. The monoisotopic (exact) mass is 821 g/mol. The summed E-state index contributed by atoms with van der Waals surface area (Å²) < 4.78 is 10.1. The normalized spacial score (nSPS) is 22.6. The minimum Gasteiger partial charge on any atom is -0.541 e. The van der Waals surface area contributed by atoms with Gasteiger partial charge in [-0.2, -0.15) is 5.10 Å². The number of imide groups is 1. The Labute approximate surface area is 337 Å². The molecule has 57 heavy (non-hydrogen) atoms. The van der Waals surface area contributed by atoms with Crippen LogP contribution >= 0.6 is 23.1 Å². The Morgan fingerprint density at radius 3 is 2.40 bits per heavy atom. The highest BCUT2D eigenvalue weighted by atomic mass is 32.2. The number of Topliss-reactive ketones (excluding diaryl/α,β-unsaturated/α-hetero) is 1. The molecule has 0 aliphatic carbocycles. The largest absolute Gasteiger partial charge is 0.541 e. The Balaban J connectivity index is 1.13.